The molecule has 1 heterocycles. The van der Waals surface area contributed by atoms with Crippen molar-refractivity contribution in [1.82, 2.24) is 4.57 Å². The molecule has 0 saturated heterocycles. The first-order chi connectivity index (χ1) is 11.0. The molecule has 0 bridgehead atoms. The maximum Gasteiger partial charge on any atom is 0.307 e. The summed E-state index contributed by atoms with van der Waals surface area (Å²) in [5.41, 5.74) is 1.23. The normalized spacial score (nSPS) is 14.7. The maximum atomic E-state index is 14.7. The van der Waals surface area contributed by atoms with Gasteiger partial charge in [-0.3, -0.25) is 14.2 Å². The molecule has 1 aliphatic rings. The molecule has 5 nitrogen and oxygen atoms in total. The average molecular weight is 319 g/mol. The largest absolute Gasteiger partial charge is 0.494 e. The smallest absolute Gasteiger partial charge is 0.307 e. The van der Waals surface area contributed by atoms with Gasteiger partial charge in [-0.1, -0.05) is 6.42 Å². The number of aliphatic carboxylic acids is 1. The summed E-state index contributed by atoms with van der Waals surface area (Å²) in [6.07, 6.45) is 2.33. The molecule has 6 heteroatoms. The standard InChI is InChI=1S/C17H18FNO4/c1-9-11(8-14(20)21)15-12(6-7-13(23-2)16(15)18)19(9)17(22)10-4-3-5-10/h6-7,10H,3-5,8H2,1-2H3,(H,20,21). The topological polar surface area (TPSA) is 68.5 Å². The lowest BCUT2D eigenvalue weighted by atomic mass is 9.84. The molecule has 122 valence electrons. The first-order valence-electron chi connectivity index (χ1n) is 7.58. The Morgan fingerprint density at radius 1 is 1.39 bits per heavy atom. The molecule has 3 rings (SSSR count). The van der Waals surface area contributed by atoms with Crippen LogP contribution in [0.2, 0.25) is 0 Å². The van der Waals surface area contributed by atoms with Crippen molar-refractivity contribution in [3.05, 3.63) is 29.2 Å². The highest BCUT2D eigenvalue weighted by molar-refractivity contribution is 5.99. The van der Waals surface area contributed by atoms with Crippen LogP contribution < -0.4 is 4.74 Å². The molecule has 0 aliphatic heterocycles. The number of hydrogen-bond acceptors (Lipinski definition) is 3. The number of rotatable bonds is 4. The van der Waals surface area contributed by atoms with E-state index in [1.807, 2.05) is 0 Å². The van der Waals surface area contributed by atoms with E-state index >= 15 is 0 Å². The van der Waals surface area contributed by atoms with Gasteiger partial charge in [-0.15, -0.1) is 0 Å². The van der Waals surface area contributed by atoms with Crippen molar-refractivity contribution in [3.63, 3.8) is 0 Å². The monoisotopic (exact) mass is 319 g/mol. The molecule has 0 amide bonds. The van der Waals surface area contributed by atoms with Crippen LogP contribution in [0.5, 0.6) is 5.75 Å². The minimum absolute atomic E-state index is 0.0392. The molecule has 1 aliphatic carbocycles. The zero-order valence-electron chi connectivity index (χ0n) is 13.1. The van der Waals surface area contributed by atoms with Crippen molar-refractivity contribution >= 4 is 22.8 Å². The molecule has 1 fully saturated rings. The van der Waals surface area contributed by atoms with E-state index in [9.17, 15) is 14.0 Å². The Kier molecular flexibility index (Phi) is 3.83. The fourth-order valence-corrected chi connectivity index (χ4v) is 3.16. The van der Waals surface area contributed by atoms with Crippen molar-refractivity contribution in [2.24, 2.45) is 5.92 Å². The van der Waals surface area contributed by atoms with Gasteiger partial charge in [0, 0.05) is 17.0 Å². The number of hydrogen-bond donors (Lipinski definition) is 1. The molecule has 0 atom stereocenters. The number of halogens is 1. The number of fused-ring (bicyclic) bond motifs is 1. The van der Waals surface area contributed by atoms with Gasteiger partial charge in [0.1, 0.15) is 0 Å². The lowest BCUT2D eigenvalue weighted by Gasteiger charge is -2.25. The second-order valence-electron chi connectivity index (χ2n) is 5.91. The van der Waals surface area contributed by atoms with Gasteiger partial charge in [-0.2, -0.15) is 0 Å². The highest BCUT2D eigenvalue weighted by Crippen LogP contribution is 2.36. The zero-order chi connectivity index (χ0) is 16.7. The predicted molar refractivity (Wildman–Crippen MR) is 82.5 cm³/mol. The summed E-state index contributed by atoms with van der Waals surface area (Å²) in [6, 6.07) is 3.08. The Morgan fingerprint density at radius 3 is 2.61 bits per heavy atom. The Hall–Kier alpha value is -2.37. The lowest BCUT2D eigenvalue weighted by Crippen LogP contribution is -2.28. The zero-order valence-corrected chi connectivity index (χ0v) is 13.1. The quantitative estimate of drug-likeness (QED) is 0.940. The summed E-state index contributed by atoms with van der Waals surface area (Å²) in [5, 5.41) is 9.30. The first kappa shape index (κ1) is 15.5. The number of methoxy groups -OCH3 is 1. The molecule has 23 heavy (non-hydrogen) atoms. The summed E-state index contributed by atoms with van der Waals surface area (Å²) in [6.45, 7) is 1.67. The second-order valence-corrected chi connectivity index (χ2v) is 5.91. The SMILES string of the molecule is COc1ccc2c(c1F)c(CC(=O)O)c(C)n2C(=O)C1CCC1. The van der Waals surface area contributed by atoms with Crippen LogP contribution in [0.25, 0.3) is 10.9 Å². The number of carboxylic acid groups (broad SMARTS) is 1. The Bertz CT molecular complexity index is 805. The minimum atomic E-state index is -1.06. The molecule has 0 unspecified atom stereocenters. The van der Waals surface area contributed by atoms with Crippen molar-refractivity contribution in [2.45, 2.75) is 32.6 Å². The van der Waals surface area contributed by atoms with Crippen molar-refractivity contribution in [2.75, 3.05) is 7.11 Å². The fourth-order valence-electron chi connectivity index (χ4n) is 3.16. The Balaban J connectivity index is 2.27. The van der Waals surface area contributed by atoms with Crippen LogP contribution in [0, 0.1) is 18.7 Å². The van der Waals surface area contributed by atoms with E-state index in [4.69, 9.17) is 9.84 Å². The summed E-state index contributed by atoms with van der Waals surface area (Å²) in [4.78, 5) is 23.9. The van der Waals surface area contributed by atoms with Gasteiger partial charge in [0.15, 0.2) is 11.6 Å². The van der Waals surface area contributed by atoms with E-state index in [1.165, 1.54) is 17.7 Å². The van der Waals surface area contributed by atoms with Crippen LogP contribution in [0.15, 0.2) is 12.1 Å². The molecule has 2 aromatic rings. The molecule has 1 aromatic carbocycles. The lowest BCUT2D eigenvalue weighted by molar-refractivity contribution is -0.136. The number of carboxylic acids is 1. The molecule has 0 spiro atoms. The third-order valence-corrected chi connectivity index (χ3v) is 4.62. The number of carbonyl (C=O) groups is 2. The summed E-state index contributed by atoms with van der Waals surface area (Å²) >= 11 is 0. The number of nitrogens with zero attached hydrogens (tertiary/aromatic N) is 1. The Labute approximate surface area is 132 Å². The Morgan fingerprint density at radius 2 is 2.09 bits per heavy atom. The summed E-state index contributed by atoms with van der Waals surface area (Å²) < 4.78 is 21.1. The van der Waals surface area contributed by atoms with Crippen LogP contribution in [-0.4, -0.2) is 28.7 Å². The average Bonchev–Trinajstić information content (AvgIpc) is 2.70. The minimum Gasteiger partial charge on any atom is -0.494 e. The van der Waals surface area contributed by atoms with E-state index in [1.54, 1.807) is 13.0 Å². The fraction of sp³-hybridized carbons (Fsp3) is 0.412. The molecule has 0 radical (unpaired) electrons. The number of aromatic nitrogens is 1. The molecule has 1 saturated carbocycles. The molecular weight excluding hydrogens is 301 g/mol. The molecule has 1 aromatic heterocycles. The van der Waals surface area contributed by atoms with Crippen LogP contribution in [-0.2, 0) is 11.2 Å². The second kappa shape index (κ2) is 5.68. The van der Waals surface area contributed by atoms with E-state index in [-0.39, 0.29) is 29.4 Å². The van der Waals surface area contributed by atoms with Crippen molar-refractivity contribution in [1.29, 1.82) is 0 Å². The van der Waals surface area contributed by atoms with Crippen LogP contribution in [0.1, 0.15) is 35.3 Å². The van der Waals surface area contributed by atoms with Crippen LogP contribution in [0.3, 0.4) is 0 Å². The van der Waals surface area contributed by atoms with Gasteiger partial charge < -0.3 is 9.84 Å². The molecular formula is C17H18FNO4. The van der Waals surface area contributed by atoms with Crippen LogP contribution >= 0.6 is 0 Å². The van der Waals surface area contributed by atoms with E-state index in [2.05, 4.69) is 0 Å². The van der Waals surface area contributed by atoms with Gasteiger partial charge >= 0.3 is 5.97 Å². The maximum absolute atomic E-state index is 14.7. The molecule has 1 N–H and O–H groups in total. The van der Waals surface area contributed by atoms with Gasteiger partial charge in [0.05, 0.1) is 19.0 Å². The summed E-state index contributed by atoms with van der Waals surface area (Å²) in [7, 11) is 1.35. The number of benzene rings is 1. The first-order valence-corrected chi connectivity index (χ1v) is 7.58. The van der Waals surface area contributed by atoms with Crippen molar-refractivity contribution < 1.29 is 23.8 Å². The van der Waals surface area contributed by atoms with Gasteiger partial charge in [0.2, 0.25) is 5.91 Å². The van der Waals surface area contributed by atoms with Crippen molar-refractivity contribution in [3.8, 4) is 5.75 Å². The number of ether oxygens (including phenoxy) is 1. The van der Waals surface area contributed by atoms with Gasteiger partial charge in [-0.25, -0.2) is 4.39 Å². The van der Waals surface area contributed by atoms with Crippen LogP contribution in [0.4, 0.5) is 4.39 Å². The van der Waals surface area contributed by atoms with E-state index < -0.39 is 11.8 Å². The highest BCUT2D eigenvalue weighted by Gasteiger charge is 2.31. The third kappa shape index (κ3) is 2.38. The highest BCUT2D eigenvalue weighted by atomic mass is 19.1. The third-order valence-electron chi connectivity index (χ3n) is 4.62. The van der Waals surface area contributed by atoms with Gasteiger partial charge in [-0.05, 0) is 37.5 Å². The van der Waals surface area contributed by atoms with Gasteiger partial charge in [0.25, 0.3) is 0 Å². The number of carbonyl (C=O) groups excluding carboxylic acids is 1. The van der Waals surface area contributed by atoms with E-state index in [0.29, 0.717) is 16.8 Å². The predicted octanol–water partition coefficient (Wildman–Crippen LogP) is 3.16. The van der Waals surface area contributed by atoms with E-state index in [0.717, 1.165) is 19.3 Å². The summed E-state index contributed by atoms with van der Waals surface area (Å²) in [5.74, 6) is -1.79.